The summed E-state index contributed by atoms with van der Waals surface area (Å²) in [4.78, 5) is 29.2. The van der Waals surface area contributed by atoms with Gasteiger partial charge in [0.25, 0.3) is 0 Å². The zero-order chi connectivity index (χ0) is 14.1. The smallest absolute Gasteiger partial charge is 0.248 e. The van der Waals surface area contributed by atoms with Crippen molar-refractivity contribution in [3.05, 3.63) is 22.4 Å². The van der Waals surface area contributed by atoms with Crippen molar-refractivity contribution in [3.8, 4) is 0 Å². The predicted molar refractivity (Wildman–Crippen MR) is 74.1 cm³/mol. The van der Waals surface area contributed by atoms with Gasteiger partial charge in [0.2, 0.25) is 11.8 Å². The molecule has 0 spiro atoms. The lowest BCUT2D eigenvalue weighted by molar-refractivity contribution is -0.154. The number of rotatable bonds is 3. The third-order valence-electron chi connectivity index (χ3n) is 3.81. The molecule has 2 atom stereocenters. The van der Waals surface area contributed by atoms with Crippen LogP contribution >= 0.6 is 11.3 Å². The minimum Gasteiger partial charge on any atom is -0.394 e. The first-order valence-electron chi connectivity index (χ1n) is 6.65. The minimum atomic E-state index is -0.775. The number of fused-ring (bicyclic) bond motifs is 1. The Morgan fingerprint density at radius 3 is 2.95 bits per heavy atom. The topological polar surface area (TPSA) is 72.9 Å². The van der Waals surface area contributed by atoms with Crippen molar-refractivity contribution in [2.75, 3.05) is 26.2 Å². The number of hydrogen-bond acceptors (Lipinski definition) is 5. The molecule has 2 aliphatic rings. The largest absolute Gasteiger partial charge is 0.394 e. The van der Waals surface area contributed by atoms with Gasteiger partial charge in [0.05, 0.1) is 6.61 Å². The summed E-state index contributed by atoms with van der Waals surface area (Å²) in [7, 11) is 0. The van der Waals surface area contributed by atoms with Crippen LogP contribution in [-0.2, 0) is 16.1 Å². The van der Waals surface area contributed by atoms with Gasteiger partial charge in [-0.2, -0.15) is 0 Å². The third-order valence-corrected chi connectivity index (χ3v) is 4.67. The van der Waals surface area contributed by atoms with E-state index < -0.39 is 12.1 Å². The molecule has 2 fully saturated rings. The van der Waals surface area contributed by atoms with Gasteiger partial charge in [-0.05, 0) is 11.4 Å². The fourth-order valence-corrected chi connectivity index (χ4v) is 3.49. The summed E-state index contributed by atoms with van der Waals surface area (Å²) >= 11 is 1.70. The Balaban J connectivity index is 1.68. The van der Waals surface area contributed by atoms with Gasteiger partial charge in [-0.15, -0.1) is 11.3 Å². The van der Waals surface area contributed by atoms with E-state index in [0.29, 0.717) is 13.1 Å². The first-order chi connectivity index (χ1) is 9.69. The van der Waals surface area contributed by atoms with E-state index >= 15 is 0 Å². The second kappa shape index (κ2) is 5.51. The average molecular weight is 295 g/mol. The van der Waals surface area contributed by atoms with Gasteiger partial charge in [0.15, 0.2) is 0 Å². The normalized spacial score (nSPS) is 27.4. The molecule has 1 aromatic heterocycles. The Kier molecular flexibility index (Phi) is 3.73. The van der Waals surface area contributed by atoms with Gasteiger partial charge in [-0.25, -0.2) is 0 Å². The summed E-state index contributed by atoms with van der Waals surface area (Å²) in [6.07, 6.45) is 0. The molecule has 2 N–H and O–H groups in total. The number of nitrogens with zero attached hydrogens (tertiary/aromatic N) is 2. The van der Waals surface area contributed by atoms with Crippen molar-refractivity contribution < 1.29 is 14.7 Å². The highest BCUT2D eigenvalue weighted by atomic mass is 32.1. The average Bonchev–Trinajstić information content (AvgIpc) is 2.95. The van der Waals surface area contributed by atoms with Crippen molar-refractivity contribution >= 4 is 23.2 Å². The van der Waals surface area contributed by atoms with Crippen LogP contribution in [0, 0.1) is 0 Å². The van der Waals surface area contributed by atoms with Crippen molar-refractivity contribution in [1.82, 2.24) is 15.1 Å². The maximum atomic E-state index is 12.1. The van der Waals surface area contributed by atoms with Crippen molar-refractivity contribution in [2.24, 2.45) is 0 Å². The van der Waals surface area contributed by atoms with Crippen LogP contribution in [0.2, 0.25) is 0 Å². The Hall–Kier alpha value is -1.44. The van der Waals surface area contributed by atoms with Crippen LogP contribution in [0.1, 0.15) is 4.88 Å². The number of thiophene rings is 1. The minimum absolute atomic E-state index is 0.167. The van der Waals surface area contributed by atoms with Gasteiger partial charge in [0.1, 0.15) is 12.1 Å². The molecule has 1 aromatic rings. The molecule has 0 aliphatic carbocycles. The molecule has 2 aliphatic heterocycles. The highest BCUT2D eigenvalue weighted by Gasteiger charge is 2.42. The van der Waals surface area contributed by atoms with Gasteiger partial charge in [0, 0.05) is 31.1 Å². The number of piperazine rings is 2. The molecule has 108 valence electrons. The third kappa shape index (κ3) is 2.44. The van der Waals surface area contributed by atoms with E-state index in [9.17, 15) is 9.59 Å². The van der Waals surface area contributed by atoms with Gasteiger partial charge in [-0.3, -0.25) is 14.5 Å². The zero-order valence-corrected chi connectivity index (χ0v) is 11.8. The van der Waals surface area contributed by atoms with E-state index in [0.717, 1.165) is 13.1 Å². The summed E-state index contributed by atoms with van der Waals surface area (Å²) in [6.45, 7) is 2.32. The quantitative estimate of drug-likeness (QED) is 0.770. The van der Waals surface area contributed by atoms with Crippen LogP contribution in [-0.4, -0.2) is 65.0 Å². The van der Waals surface area contributed by atoms with E-state index in [1.807, 2.05) is 11.4 Å². The van der Waals surface area contributed by atoms with Gasteiger partial charge in [-0.1, -0.05) is 6.07 Å². The molecular formula is C13H17N3O3S. The van der Waals surface area contributed by atoms with Crippen LogP contribution in [0.4, 0.5) is 0 Å². The SMILES string of the molecule is O=C1N[C@H](CO)C(=O)N2CCN(Cc3cccs3)C[C@H]12. The lowest BCUT2D eigenvalue weighted by Gasteiger charge is -2.44. The summed E-state index contributed by atoms with van der Waals surface area (Å²) in [5, 5.41) is 13.7. The summed E-state index contributed by atoms with van der Waals surface area (Å²) in [5.41, 5.74) is 0. The molecule has 3 heterocycles. The highest BCUT2D eigenvalue weighted by Crippen LogP contribution is 2.19. The van der Waals surface area contributed by atoms with Crippen LogP contribution in [0.25, 0.3) is 0 Å². The number of aliphatic hydroxyl groups excluding tert-OH is 1. The molecule has 0 unspecified atom stereocenters. The lowest BCUT2D eigenvalue weighted by atomic mass is 10.0. The van der Waals surface area contributed by atoms with Crippen LogP contribution in [0.15, 0.2) is 17.5 Å². The zero-order valence-electron chi connectivity index (χ0n) is 11.0. The molecule has 0 radical (unpaired) electrons. The number of carbonyl (C=O) groups excluding carboxylic acids is 2. The van der Waals surface area contributed by atoms with Gasteiger partial charge < -0.3 is 15.3 Å². The molecule has 2 amide bonds. The van der Waals surface area contributed by atoms with E-state index in [-0.39, 0.29) is 18.4 Å². The Morgan fingerprint density at radius 2 is 2.25 bits per heavy atom. The second-order valence-electron chi connectivity index (χ2n) is 5.11. The van der Waals surface area contributed by atoms with Crippen molar-refractivity contribution in [2.45, 2.75) is 18.6 Å². The summed E-state index contributed by atoms with van der Waals surface area (Å²) < 4.78 is 0. The van der Waals surface area contributed by atoms with E-state index in [4.69, 9.17) is 5.11 Å². The van der Waals surface area contributed by atoms with E-state index in [1.54, 1.807) is 16.2 Å². The Bertz CT molecular complexity index is 505. The number of nitrogens with one attached hydrogen (secondary N) is 1. The van der Waals surface area contributed by atoms with Crippen molar-refractivity contribution in [1.29, 1.82) is 0 Å². The molecule has 3 rings (SSSR count). The maximum Gasteiger partial charge on any atom is 0.248 e. The number of aliphatic hydroxyl groups is 1. The van der Waals surface area contributed by atoms with Crippen LogP contribution < -0.4 is 5.32 Å². The fraction of sp³-hybridized carbons (Fsp3) is 0.538. The number of carbonyl (C=O) groups is 2. The highest BCUT2D eigenvalue weighted by molar-refractivity contribution is 7.09. The van der Waals surface area contributed by atoms with Crippen molar-refractivity contribution in [3.63, 3.8) is 0 Å². The molecular weight excluding hydrogens is 278 g/mol. The number of hydrogen-bond donors (Lipinski definition) is 2. The fourth-order valence-electron chi connectivity index (χ4n) is 2.75. The summed E-state index contributed by atoms with van der Waals surface area (Å²) in [6, 6.07) is 2.88. The molecule has 0 aromatic carbocycles. The number of amides is 2. The van der Waals surface area contributed by atoms with Gasteiger partial charge >= 0.3 is 0 Å². The van der Waals surface area contributed by atoms with Crippen LogP contribution in [0.5, 0.6) is 0 Å². The molecule has 7 heteroatoms. The first kappa shape index (κ1) is 13.5. The Labute approximate surface area is 121 Å². The van der Waals surface area contributed by atoms with E-state index in [1.165, 1.54) is 4.88 Å². The summed E-state index contributed by atoms with van der Waals surface area (Å²) in [5.74, 6) is -0.340. The molecule has 20 heavy (non-hydrogen) atoms. The van der Waals surface area contributed by atoms with E-state index in [2.05, 4.69) is 16.3 Å². The Morgan fingerprint density at radius 1 is 1.40 bits per heavy atom. The first-order valence-corrected chi connectivity index (χ1v) is 7.53. The monoisotopic (exact) mass is 295 g/mol. The lowest BCUT2D eigenvalue weighted by Crippen LogP contribution is -2.69. The predicted octanol–water partition coefficient (Wildman–Crippen LogP) is -0.748. The molecule has 0 saturated carbocycles. The molecule has 0 bridgehead atoms. The van der Waals surface area contributed by atoms with Crippen LogP contribution in [0.3, 0.4) is 0 Å². The molecule has 6 nitrogen and oxygen atoms in total. The molecule has 2 saturated heterocycles. The standard InChI is InChI=1S/C13H17N3O3S/c17-8-10-13(19)16-4-3-15(6-9-2-1-5-20-9)7-11(16)12(18)14-10/h1-2,5,10-11,17H,3-4,6-8H2,(H,14,18)/t10-,11-/m1/s1. The second-order valence-corrected chi connectivity index (χ2v) is 6.14. The maximum absolute atomic E-state index is 12.1.